The molecule has 2 unspecified atom stereocenters. The third kappa shape index (κ3) is 7.35. The first-order valence-corrected chi connectivity index (χ1v) is 6.35. The van der Waals surface area contributed by atoms with E-state index in [0.717, 1.165) is 0 Å². The van der Waals surface area contributed by atoms with E-state index in [1.165, 1.54) is 0 Å². The van der Waals surface area contributed by atoms with Gasteiger partial charge < -0.3 is 20.4 Å². The van der Waals surface area contributed by atoms with Gasteiger partial charge in [-0.25, -0.2) is 9.59 Å². The Morgan fingerprint density at radius 1 is 0.652 bits per heavy atom. The number of aliphatic hydroxyl groups is 2. The molecule has 0 aliphatic rings. The van der Waals surface area contributed by atoms with Crippen LogP contribution in [0, 0.1) is 0 Å². The molecule has 0 fully saturated rings. The average molecular weight is 417 g/mol. The van der Waals surface area contributed by atoms with Crippen LogP contribution < -0.4 is 0 Å². The van der Waals surface area contributed by atoms with E-state index >= 15 is 0 Å². The first-order chi connectivity index (χ1) is 10.4. The zero-order valence-electron chi connectivity index (χ0n) is 12.2. The first kappa shape index (κ1) is 21.2. The molecule has 0 radical (unpaired) electrons. The molecular formula is C16H16CdO6. The molecule has 0 aliphatic heterocycles. The van der Waals surface area contributed by atoms with Crippen LogP contribution in [0.15, 0.2) is 60.7 Å². The van der Waals surface area contributed by atoms with E-state index in [-0.39, 0.29) is 27.3 Å². The summed E-state index contributed by atoms with van der Waals surface area (Å²) >= 11 is 0. The van der Waals surface area contributed by atoms with Gasteiger partial charge in [-0.1, -0.05) is 60.7 Å². The molecule has 0 bridgehead atoms. The first-order valence-electron chi connectivity index (χ1n) is 6.35. The molecule has 2 aromatic rings. The molecule has 6 nitrogen and oxygen atoms in total. The molecule has 0 heterocycles. The quantitative estimate of drug-likeness (QED) is 0.563. The fraction of sp³-hybridized carbons (Fsp3) is 0.125. The fourth-order valence-electron chi connectivity index (χ4n) is 1.56. The Morgan fingerprint density at radius 2 is 0.913 bits per heavy atom. The number of carbonyl (C=O) groups is 2. The Hall–Kier alpha value is -1.78. The predicted octanol–water partition coefficient (Wildman–Crippen LogP) is 1.61. The van der Waals surface area contributed by atoms with Crippen LogP contribution in [0.3, 0.4) is 0 Å². The van der Waals surface area contributed by atoms with E-state index in [9.17, 15) is 9.59 Å². The fourth-order valence-corrected chi connectivity index (χ4v) is 1.56. The van der Waals surface area contributed by atoms with Crippen LogP contribution in [0.2, 0.25) is 0 Å². The minimum absolute atomic E-state index is 0. The molecule has 0 spiro atoms. The van der Waals surface area contributed by atoms with Crippen molar-refractivity contribution < 1.29 is 57.3 Å². The van der Waals surface area contributed by atoms with Crippen molar-refractivity contribution in [3.8, 4) is 0 Å². The molecule has 2 rings (SSSR count). The van der Waals surface area contributed by atoms with Gasteiger partial charge in [0.15, 0.2) is 12.2 Å². The van der Waals surface area contributed by atoms with Crippen LogP contribution in [-0.4, -0.2) is 32.4 Å². The zero-order chi connectivity index (χ0) is 16.5. The standard InChI is InChI=1S/2C8H8O3.Cd/c2*9-7(8(10)11)6-4-2-1-3-5-6;/h2*1-5,7,9H,(H,10,11);. The van der Waals surface area contributed by atoms with Crippen LogP contribution >= 0.6 is 0 Å². The third-order valence-electron chi connectivity index (χ3n) is 2.70. The van der Waals surface area contributed by atoms with Crippen LogP contribution in [0.4, 0.5) is 0 Å². The van der Waals surface area contributed by atoms with E-state index in [4.69, 9.17) is 20.4 Å². The van der Waals surface area contributed by atoms with Gasteiger partial charge in [0.05, 0.1) is 0 Å². The summed E-state index contributed by atoms with van der Waals surface area (Å²) in [7, 11) is 0. The zero-order valence-corrected chi connectivity index (χ0v) is 16.3. The van der Waals surface area contributed by atoms with Gasteiger partial charge in [0.1, 0.15) is 0 Å². The maximum Gasteiger partial charge on any atom is 0.337 e. The molecule has 7 heteroatoms. The van der Waals surface area contributed by atoms with Gasteiger partial charge in [0.25, 0.3) is 0 Å². The van der Waals surface area contributed by atoms with Crippen molar-refractivity contribution >= 4 is 11.9 Å². The molecule has 0 saturated heterocycles. The third-order valence-corrected chi connectivity index (χ3v) is 2.70. The molecule has 2 aromatic carbocycles. The van der Waals surface area contributed by atoms with E-state index in [2.05, 4.69) is 0 Å². The van der Waals surface area contributed by atoms with Crippen LogP contribution in [0.1, 0.15) is 23.3 Å². The molecule has 23 heavy (non-hydrogen) atoms. The van der Waals surface area contributed by atoms with E-state index < -0.39 is 24.1 Å². The minimum atomic E-state index is -1.41. The number of carboxylic acid groups (broad SMARTS) is 2. The van der Waals surface area contributed by atoms with E-state index in [1.807, 2.05) is 0 Å². The number of aliphatic hydroxyl groups excluding tert-OH is 2. The Labute approximate surface area is 153 Å². The molecule has 0 amide bonds. The summed E-state index contributed by atoms with van der Waals surface area (Å²) < 4.78 is 0. The number of carboxylic acids is 2. The molecule has 118 valence electrons. The summed E-state index contributed by atoms with van der Waals surface area (Å²) in [6, 6.07) is 16.5. The Bertz CT molecular complexity index is 547. The smallest absolute Gasteiger partial charge is 0.337 e. The number of aliphatic carboxylic acids is 2. The summed E-state index contributed by atoms with van der Waals surface area (Å²) in [6.45, 7) is 0. The summed E-state index contributed by atoms with van der Waals surface area (Å²) in [5.41, 5.74) is 0.806. The van der Waals surface area contributed by atoms with Crippen LogP contribution in [0.5, 0.6) is 0 Å². The molecule has 0 saturated carbocycles. The molecular weight excluding hydrogens is 401 g/mol. The van der Waals surface area contributed by atoms with Crippen LogP contribution in [-0.2, 0) is 36.9 Å². The van der Waals surface area contributed by atoms with Crippen molar-refractivity contribution in [1.29, 1.82) is 0 Å². The van der Waals surface area contributed by atoms with Gasteiger partial charge >= 0.3 is 11.9 Å². The van der Waals surface area contributed by atoms with E-state index in [0.29, 0.717) is 11.1 Å². The Balaban J connectivity index is 0.000000403. The van der Waals surface area contributed by atoms with Gasteiger partial charge in [-0.2, -0.15) is 0 Å². The predicted molar refractivity (Wildman–Crippen MR) is 78.1 cm³/mol. The second kappa shape index (κ2) is 10.9. The number of benzene rings is 2. The molecule has 0 aliphatic carbocycles. The number of hydrogen-bond donors (Lipinski definition) is 4. The maximum atomic E-state index is 10.2. The van der Waals surface area contributed by atoms with Crippen molar-refractivity contribution in [3.63, 3.8) is 0 Å². The van der Waals surface area contributed by atoms with Gasteiger partial charge in [0.2, 0.25) is 0 Å². The molecule has 0 aromatic heterocycles. The normalized spacial score (nSPS) is 11.9. The summed E-state index contributed by atoms with van der Waals surface area (Å²) in [4.78, 5) is 20.5. The van der Waals surface area contributed by atoms with Crippen molar-refractivity contribution in [2.75, 3.05) is 0 Å². The van der Waals surface area contributed by atoms with Gasteiger partial charge in [-0.15, -0.1) is 0 Å². The van der Waals surface area contributed by atoms with Gasteiger partial charge in [-0.05, 0) is 11.1 Å². The average Bonchev–Trinajstić information content (AvgIpc) is 2.55. The summed E-state index contributed by atoms with van der Waals surface area (Å²) in [6.07, 6.45) is -2.81. The summed E-state index contributed by atoms with van der Waals surface area (Å²) in [5.74, 6) is -2.45. The summed E-state index contributed by atoms with van der Waals surface area (Å²) in [5, 5.41) is 34.8. The van der Waals surface area contributed by atoms with Gasteiger partial charge in [0, 0.05) is 27.3 Å². The van der Waals surface area contributed by atoms with Gasteiger partial charge in [-0.3, -0.25) is 0 Å². The second-order valence-electron chi connectivity index (χ2n) is 4.30. The number of hydrogen-bond acceptors (Lipinski definition) is 4. The minimum Gasteiger partial charge on any atom is -0.479 e. The second-order valence-corrected chi connectivity index (χ2v) is 4.30. The SMILES string of the molecule is O=C(O)C(O)c1ccccc1.O=C(O)C(O)c1ccccc1.[Cd]. The van der Waals surface area contributed by atoms with Crippen molar-refractivity contribution in [1.82, 2.24) is 0 Å². The Morgan fingerprint density at radius 3 is 1.13 bits per heavy atom. The van der Waals surface area contributed by atoms with Crippen molar-refractivity contribution in [2.45, 2.75) is 12.2 Å². The monoisotopic (exact) mass is 418 g/mol. The van der Waals surface area contributed by atoms with E-state index in [1.54, 1.807) is 60.7 Å². The number of rotatable bonds is 4. The Kier molecular flexibility index (Phi) is 10.0. The van der Waals surface area contributed by atoms with Crippen molar-refractivity contribution in [2.24, 2.45) is 0 Å². The van der Waals surface area contributed by atoms with Crippen molar-refractivity contribution in [3.05, 3.63) is 71.8 Å². The molecule has 4 N–H and O–H groups in total. The van der Waals surface area contributed by atoms with Crippen LogP contribution in [0.25, 0.3) is 0 Å². The topological polar surface area (TPSA) is 115 Å². The molecule has 2 atom stereocenters. The maximum absolute atomic E-state index is 10.2. The largest absolute Gasteiger partial charge is 0.479 e.